The number of benzene rings is 1. The molecule has 0 aliphatic heterocycles. The summed E-state index contributed by atoms with van der Waals surface area (Å²) in [7, 11) is 0. The molecule has 0 saturated heterocycles. The third-order valence-electron chi connectivity index (χ3n) is 4.30. The van der Waals surface area contributed by atoms with Gasteiger partial charge in [0.25, 0.3) is 0 Å². The first kappa shape index (κ1) is 16.3. The van der Waals surface area contributed by atoms with Gasteiger partial charge in [0.2, 0.25) is 0 Å². The normalized spacial score (nSPS) is 16.6. The first-order chi connectivity index (χ1) is 9.76. The minimum atomic E-state index is 0.0837. The monoisotopic (exact) mass is 305 g/mol. The summed E-state index contributed by atoms with van der Waals surface area (Å²) >= 11 is 5.05. The van der Waals surface area contributed by atoms with E-state index in [2.05, 4.69) is 45.9 Å². The van der Waals surface area contributed by atoms with Crippen molar-refractivity contribution in [2.45, 2.75) is 58.8 Å². The van der Waals surface area contributed by atoms with Crippen molar-refractivity contribution in [3.05, 3.63) is 29.3 Å². The fourth-order valence-corrected chi connectivity index (χ4v) is 2.96. The molecule has 0 heterocycles. The Kier molecular flexibility index (Phi) is 4.62. The lowest BCUT2D eigenvalue weighted by Gasteiger charge is -2.25. The Hall–Kier alpha value is -1.09. The van der Waals surface area contributed by atoms with Gasteiger partial charge in [-0.1, -0.05) is 52.0 Å². The second kappa shape index (κ2) is 5.96. The molecule has 0 unspecified atom stereocenters. The van der Waals surface area contributed by atoms with Gasteiger partial charge in [-0.25, -0.2) is 0 Å². The highest BCUT2D eigenvalue weighted by molar-refractivity contribution is 7.80. The molecule has 1 aromatic rings. The Labute approximate surface area is 134 Å². The Bertz CT molecular complexity index is 527. The van der Waals surface area contributed by atoms with Crippen LogP contribution in [0, 0.1) is 5.41 Å². The molecule has 1 aliphatic carbocycles. The lowest BCUT2D eigenvalue weighted by molar-refractivity contribution is 0.234. The van der Waals surface area contributed by atoms with Gasteiger partial charge in [0.05, 0.1) is 11.6 Å². The van der Waals surface area contributed by atoms with Crippen molar-refractivity contribution in [1.82, 2.24) is 0 Å². The molecule has 2 nitrogen and oxygen atoms in total. The van der Waals surface area contributed by atoms with Crippen molar-refractivity contribution >= 4 is 17.2 Å². The van der Waals surface area contributed by atoms with Gasteiger partial charge in [-0.2, -0.15) is 0 Å². The minimum absolute atomic E-state index is 0.0837. The second-order valence-corrected chi connectivity index (χ2v) is 7.89. The third-order valence-corrected chi connectivity index (χ3v) is 4.44. The molecule has 0 spiro atoms. The van der Waals surface area contributed by atoms with Gasteiger partial charge < -0.3 is 10.5 Å². The van der Waals surface area contributed by atoms with Crippen LogP contribution >= 0.6 is 12.2 Å². The molecule has 116 valence electrons. The largest absolute Gasteiger partial charge is 0.493 e. The maximum absolute atomic E-state index is 6.18. The fourth-order valence-electron chi connectivity index (χ4n) is 2.66. The number of thiocarbonyl (C=S) groups is 1. The van der Waals surface area contributed by atoms with Crippen LogP contribution in [0.4, 0.5) is 0 Å². The number of hydrogen-bond donors (Lipinski definition) is 1. The van der Waals surface area contributed by atoms with Gasteiger partial charge in [0, 0.05) is 11.8 Å². The zero-order valence-electron chi connectivity index (χ0n) is 13.7. The number of nitrogens with two attached hydrogens (primary N) is 1. The molecule has 1 aromatic carbocycles. The summed E-state index contributed by atoms with van der Waals surface area (Å²) in [6.07, 6.45) is 4.19. The van der Waals surface area contributed by atoms with E-state index in [1.165, 1.54) is 24.0 Å². The quantitative estimate of drug-likeness (QED) is 0.792. The van der Waals surface area contributed by atoms with Crippen LogP contribution in [0.1, 0.15) is 58.1 Å². The average Bonchev–Trinajstić information content (AvgIpc) is 3.14. The molecule has 0 aromatic heterocycles. The summed E-state index contributed by atoms with van der Waals surface area (Å²) in [5.41, 5.74) is 8.63. The van der Waals surface area contributed by atoms with E-state index in [-0.39, 0.29) is 10.8 Å². The van der Waals surface area contributed by atoms with E-state index in [1.807, 2.05) is 0 Å². The Morgan fingerprint density at radius 2 is 2.00 bits per heavy atom. The van der Waals surface area contributed by atoms with Gasteiger partial charge in [0.1, 0.15) is 5.75 Å². The van der Waals surface area contributed by atoms with E-state index in [0.717, 1.165) is 25.2 Å². The van der Waals surface area contributed by atoms with E-state index < -0.39 is 0 Å². The number of aryl methyl sites for hydroxylation is 1. The number of ether oxygens (including phenoxy) is 1. The Balaban J connectivity index is 2.15. The van der Waals surface area contributed by atoms with Crippen LogP contribution in [-0.4, -0.2) is 11.6 Å². The molecule has 0 radical (unpaired) electrons. The molecule has 0 bridgehead atoms. The Morgan fingerprint density at radius 3 is 2.48 bits per heavy atom. The summed E-state index contributed by atoms with van der Waals surface area (Å²) in [5.74, 6) is 1.01. The highest BCUT2D eigenvalue weighted by Crippen LogP contribution is 2.49. The lowest BCUT2D eigenvalue weighted by Crippen LogP contribution is -2.22. The number of rotatable bonds is 6. The van der Waals surface area contributed by atoms with Crippen molar-refractivity contribution in [3.8, 4) is 5.75 Å². The van der Waals surface area contributed by atoms with Crippen LogP contribution in [-0.2, 0) is 11.8 Å². The number of hydrogen-bond acceptors (Lipinski definition) is 2. The van der Waals surface area contributed by atoms with E-state index in [4.69, 9.17) is 22.7 Å². The summed E-state index contributed by atoms with van der Waals surface area (Å²) in [4.78, 5) is 0.605. The fraction of sp³-hybridized carbons (Fsp3) is 0.611. The topological polar surface area (TPSA) is 35.2 Å². The summed E-state index contributed by atoms with van der Waals surface area (Å²) in [5, 5.41) is 0. The second-order valence-electron chi connectivity index (χ2n) is 7.37. The molecule has 0 atom stereocenters. The molecular formula is C18H27NOS. The van der Waals surface area contributed by atoms with Crippen LogP contribution in [0.2, 0.25) is 0 Å². The third kappa shape index (κ3) is 4.19. The van der Waals surface area contributed by atoms with Crippen LogP contribution in [0.5, 0.6) is 5.75 Å². The minimum Gasteiger partial charge on any atom is -0.493 e. The standard InChI is InChI=1S/C18H27NOS/c1-5-13-6-7-15(14(10-13)17(2,3)4)20-12-18(8-9-18)11-16(19)21/h6-7,10H,5,8-9,11-12H2,1-4H3,(H2,19,21). The average molecular weight is 305 g/mol. The van der Waals surface area contributed by atoms with E-state index in [0.29, 0.717) is 4.99 Å². The van der Waals surface area contributed by atoms with E-state index in [9.17, 15) is 0 Å². The summed E-state index contributed by atoms with van der Waals surface area (Å²) in [6, 6.07) is 6.57. The van der Waals surface area contributed by atoms with Gasteiger partial charge >= 0.3 is 0 Å². The maximum atomic E-state index is 6.18. The van der Waals surface area contributed by atoms with E-state index in [1.54, 1.807) is 0 Å². The molecule has 0 amide bonds. The first-order valence-electron chi connectivity index (χ1n) is 7.80. The molecule has 2 N–H and O–H groups in total. The predicted octanol–water partition coefficient (Wildman–Crippen LogP) is 4.38. The molecule has 1 saturated carbocycles. The SMILES string of the molecule is CCc1ccc(OCC2(CC(N)=S)CC2)c(C(C)(C)C)c1. The van der Waals surface area contributed by atoms with Gasteiger partial charge in [-0.05, 0) is 41.9 Å². The van der Waals surface area contributed by atoms with Crippen LogP contribution < -0.4 is 10.5 Å². The van der Waals surface area contributed by atoms with Crippen molar-refractivity contribution in [2.75, 3.05) is 6.61 Å². The zero-order valence-corrected chi connectivity index (χ0v) is 14.5. The van der Waals surface area contributed by atoms with Gasteiger partial charge in [-0.15, -0.1) is 0 Å². The van der Waals surface area contributed by atoms with Crippen molar-refractivity contribution in [3.63, 3.8) is 0 Å². The van der Waals surface area contributed by atoms with Crippen molar-refractivity contribution in [1.29, 1.82) is 0 Å². The van der Waals surface area contributed by atoms with E-state index >= 15 is 0 Å². The molecule has 21 heavy (non-hydrogen) atoms. The highest BCUT2D eigenvalue weighted by Gasteiger charge is 2.44. The predicted molar refractivity (Wildman–Crippen MR) is 93.1 cm³/mol. The molecule has 1 aliphatic rings. The van der Waals surface area contributed by atoms with Crippen LogP contribution in [0.3, 0.4) is 0 Å². The van der Waals surface area contributed by atoms with Crippen molar-refractivity contribution in [2.24, 2.45) is 11.1 Å². The Morgan fingerprint density at radius 1 is 1.33 bits per heavy atom. The van der Waals surface area contributed by atoms with Crippen LogP contribution in [0.15, 0.2) is 18.2 Å². The molecule has 2 rings (SSSR count). The first-order valence-corrected chi connectivity index (χ1v) is 8.21. The summed E-state index contributed by atoms with van der Waals surface area (Å²) in [6.45, 7) is 9.60. The molecular weight excluding hydrogens is 278 g/mol. The van der Waals surface area contributed by atoms with Crippen molar-refractivity contribution < 1.29 is 4.74 Å². The van der Waals surface area contributed by atoms with Gasteiger partial charge in [-0.3, -0.25) is 0 Å². The lowest BCUT2D eigenvalue weighted by atomic mass is 9.85. The van der Waals surface area contributed by atoms with Crippen LogP contribution in [0.25, 0.3) is 0 Å². The maximum Gasteiger partial charge on any atom is 0.123 e. The zero-order chi connectivity index (χ0) is 15.7. The van der Waals surface area contributed by atoms with Gasteiger partial charge in [0.15, 0.2) is 0 Å². The summed E-state index contributed by atoms with van der Waals surface area (Å²) < 4.78 is 6.18. The highest BCUT2D eigenvalue weighted by atomic mass is 32.1. The molecule has 3 heteroatoms. The molecule has 1 fully saturated rings. The smallest absolute Gasteiger partial charge is 0.123 e.